The predicted molar refractivity (Wildman–Crippen MR) is 167 cm³/mol. The summed E-state index contributed by atoms with van der Waals surface area (Å²) in [6.45, 7) is 0. The van der Waals surface area contributed by atoms with E-state index in [1.165, 1.54) is 0 Å². The van der Waals surface area contributed by atoms with Crippen molar-refractivity contribution in [1.29, 1.82) is 0 Å². The molecule has 6 heteroatoms. The Kier molecular flexibility index (Phi) is 7.77. The van der Waals surface area contributed by atoms with Crippen LogP contribution in [0.5, 0.6) is 0 Å². The number of hydrogen-bond acceptors (Lipinski definition) is 3. The van der Waals surface area contributed by atoms with Crippen LogP contribution in [0.3, 0.4) is 0 Å². The monoisotopic (exact) mass is 577 g/mol. The van der Waals surface area contributed by atoms with E-state index in [1.807, 2.05) is 115 Å². The number of benzene rings is 5. The summed E-state index contributed by atoms with van der Waals surface area (Å²) >= 11 is 0. The largest absolute Gasteiger partial charge is 0.296 e. The third kappa shape index (κ3) is 5.22. The fraction of sp³-hybridized carbons (Fsp3) is 0.143. The van der Waals surface area contributed by atoms with E-state index in [9.17, 15) is 8.42 Å². The fourth-order valence-corrected chi connectivity index (χ4v) is 11.5. The van der Waals surface area contributed by atoms with Gasteiger partial charge in [0.1, 0.15) is 0 Å². The summed E-state index contributed by atoms with van der Waals surface area (Å²) in [6.07, 6.45) is 0.935. The molecule has 41 heavy (non-hydrogen) atoms. The van der Waals surface area contributed by atoms with Gasteiger partial charge in [-0.1, -0.05) is 115 Å². The SMILES string of the molecule is O=P(c1ccccc1)(c1ccccc1)N1[C@@H](Cc2ccccc2)C[C@H](S(=O)(=O)c2ccccc2)[C@H]1c1ccccc1. The van der Waals surface area contributed by atoms with Gasteiger partial charge in [-0.15, -0.1) is 0 Å². The summed E-state index contributed by atoms with van der Waals surface area (Å²) in [6, 6.07) is 46.7. The lowest BCUT2D eigenvalue weighted by Gasteiger charge is -2.39. The minimum atomic E-state index is -3.78. The van der Waals surface area contributed by atoms with Crippen LogP contribution < -0.4 is 10.6 Å². The van der Waals surface area contributed by atoms with Crippen LogP contribution in [0.25, 0.3) is 0 Å². The maximum absolute atomic E-state index is 15.9. The van der Waals surface area contributed by atoms with E-state index in [0.717, 1.165) is 11.1 Å². The van der Waals surface area contributed by atoms with E-state index in [0.29, 0.717) is 28.3 Å². The van der Waals surface area contributed by atoms with E-state index in [-0.39, 0.29) is 6.04 Å². The zero-order valence-electron chi connectivity index (χ0n) is 22.6. The first-order valence-electron chi connectivity index (χ1n) is 13.9. The molecule has 0 aliphatic carbocycles. The highest BCUT2D eigenvalue weighted by Gasteiger charge is 2.55. The number of sulfone groups is 1. The Bertz CT molecular complexity index is 1690. The van der Waals surface area contributed by atoms with Crippen molar-refractivity contribution in [3.63, 3.8) is 0 Å². The Morgan fingerprint density at radius 1 is 0.610 bits per heavy atom. The topological polar surface area (TPSA) is 54.5 Å². The van der Waals surface area contributed by atoms with Crippen LogP contribution in [-0.4, -0.2) is 24.4 Å². The van der Waals surface area contributed by atoms with Gasteiger partial charge in [0.05, 0.1) is 16.2 Å². The molecule has 1 heterocycles. The molecule has 0 aromatic heterocycles. The third-order valence-electron chi connectivity index (χ3n) is 7.98. The molecule has 3 atom stereocenters. The Hall–Kier alpha value is -3.76. The van der Waals surface area contributed by atoms with Crippen molar-refractivity contribution in [2.75, 3.05) is 0 Å². The average Bonchev–Trinajstić information content (AvgIpc) is 3.43. The van der Waals surface area contributed by atoms with Crippen LogP contribution in [0, 0.1) is 0 Å². The molecule has 6 rings (SSSR count). The molecule has 0 amide bonds. The molecule has 0 N–H and O–H groups in total. The Morgan fingerprint density at radius 2 is 1.05 bits per heavy atom. The molecule has 0 spiro atoms. The minimum absolute atomic E-state index is 0.292. The standard InChI is InChI=1S/C35H32NO3PS/c37-40(31-20-10-3-11-21-31,32-22-12-4-13-23-32)36-30(26-28-16-6-1-7-17-28)27-34(35(36)29-18-8-2-9-19-29)41(38,39)33-24-14-5-15-25-33/h1-25,30,34-35H,26-27H2/t30-,34-,35+/m0/s1. The van der Waals surface area contributed by atoms with Crippen molar-refractivity contribution < 1.29 is 13.0 Å². The van der Waals surface area contributed by atoms with Crippen molar-refractivity contribution in [2.45, 2.75) is 35.1 Å². The molecule has 206 valence electrons. The predicted octanol–water partition coefficient (Wildman–Crippen LogP) is 6.82. The van der Waals surface area contributed by atoms with E-state index in [4.69, 9.17) is 0 Å². The van der Waals surface area contributed by atoms with Gasteiger partial charge in [-0.2, -0.15) is 0 Å². The summed E-state index contributed by atoms with van der Waals surface area (Å²) < 4.78 is 46.9. The molecule has 5 aromatic rings. The van der Waals surface area contributed by atoms with Gasteiger partial charge in [-0.05, 0) is 60.4 Å². The highest BCUT2D eigenvalue weighted by atomic mass is 32.2. The maximum Gasteiger partial charge on any atom is 0.208 e. The highest BCUT2D eigenvalue weighted by Crippen LogP contribution is 2.60. The lowest BCUT2D eigenvalue weighted by molar-refractivity contribution is 0.330. The normalized spacial score (nSPS) is 19.7. The molecule has 0 radical (unpaired) electrons. The van der Waals surface area contributed by atoms with Crippen LogP contribution in [-0.2, 0) is 20.8 Å². The highest BCUT2D eigenvalue weighted by molar-refractivity contribution is 7.92. The van der Waals surface area contributed by atoms with Gasteiger partial charge in [0.15, 0.2) is 9.84 Å². The van der Waals surface area contributed by atoms with Gasteiger partial charge in [0.25, 0.3) is 0 Å². The zero-order valence-corrected chi connectivity index (χ0v) is 24.3. The van der Waals surface area contributed by atoms with Gasteiger partial charge in [-0.25, -0.2) is 13.1 Å². The first-order chi connectivity index (χ1) is 20.0. The van der Waals surface area contributed by atoms with Crippen LogP contribution in [0.4, 0.5) is 0 Å². The summed E-state index contributed by atoms with van der Waals surface area (Å²) in [5.74, 6) is 0. The average molecular weight is 578 g/mol. The molecular weight excluding hydrogens is 545 g/mol. The summed E-state index contributed by atoms with van der Waals surface area (Å²) in [5.41, 5.74) is 1.93. The van der Waals surface area contributed by atoms with E-state index < -0.39 is 28.4 Å². The summed E-state index contributed by atoms with van der Waals surface area (Å²) in [7, 11) is -7.30. The van der Waals surface area contributed by atoms with Gasteiger partial charge < -0.3 is 0 Å². The van der Waals surface area contributed by atoms with Gasteiger partial charge >= 0.3 is 0 Å². The number of hydrogen-bond donors (Lipinski definition) is 0. The van der Waals surface area contributed by atoms with Crippen LogP contribution in [0.2, 0.25) is 0 Å². The van der Waals surface area contributed by atoms with E-state index in [2.05, 4.69) is 16.8 Å². The first kappa shape index (κ1) is 27.4. The Labute approximate surface area is 242 Å². The lowest BCUT2D eigenvalue weighted by atomic mass is 10.0. The molecular formula is C35H32NO3PS. The van der Waals surface area contributed by atoms with Gasteiger partial charge in [0.2, 0.25) is 7.29 Å². The van der Waals surface area contributed by atoms with Crippen molar-refractivity contribution in [2.24, 2.45) is 0 Å². The van der Waals surface area contributed by atoms with E-state index in [1.54, 1.807) is 24.3 Å². The van der Waals surface area contributed by atoms with Crippen molar-refractivity contribution >= 4 is 27.7 Å². The quantitative estimate of drug-likeness (QED) is 0.190. The molecule has 1 fully saturated rings. The Morgan fingerprint density at radius 3 is 1.56 bits per heavy atom. The first-order valence-corrected chi connectivity index (χ1v) is 17.1. The molecule has 1 saturated heterocycles. The van der Waals surface area contributed by atoms with E-state index >= 15 is 4.57 Å². The molecule has 0 bridgehead atoms. The number of rotatable bonds is 8. The molecule has 1 aliphatic heterocycles. The van der Waals surface area contributed by atoms with Gasteiger partial charge in [0, 0.05) is 16.7 Å². The zero-order chi connectivity index (χ0) is 28.3. The van der Waals surface area contributed by atoms with Crippen molar-refractivity contribution in [3.05, 3.63) is 163 Å². The smallest absolute Gasteiger partial charge is 0.208 e. The fourth-order valence-electron chi connectivity index (χ4n) is 6.15. The number of nitrogens with zero attached hydrogens (tertiary/aromatic N) is 1. The second-order valence-electron chi connectivity index (χ2n) is 10.5. The second kappa shape index (κ2) is 11.6. The molecule has 0 unspecified atom stereocenters. The van der Waals surface area contributed by atoms with Crippen LogP contribution in [0.1, 0.15) is 23.6 Å². The molecule has 5 aromatic carbocycles. The van der Waals surface area contributed by atoms with Crippen LogP contribution in [0.15, 0.2) is 157 Å². The maximum atomic E-state index is 15.9. The molecule has 1 aliphatic rings. The van der Waals surface area contributed by atoms with Gasteiger partial charge in [-0.3, -0.25) is 4.57 Å². The second-order valence-corrected chi connectivity index (χ2v) is 15.3. The summed E-state index contributed by atoms with van der Waals surface area (Å²) in [4.78, 5) is 0.292. The van der Waals surface area contributed by atoms with Crippen molar-refractivity contribution in [1.82, 2.24) is 4.67 Å². The van der Waals surface area contributed by atoms with Crippen LogP contribution >= 0.6 is 7.29 Å². The Balaban J connectivity index is 1.62. The lowest BCUT2D eigenvalue weighted by Crippen LogP contribution is -2.39. The summed E-state index contributed by atoms with van der Waals surface area (Å²) in [5, 5.41) is 0.604. The minimum Gasteiger partial charge on any atom is -0.296 e. The van der Waals surface area contributed by atoms with Crippen molar-refractivity contribution in [3.8, 4) is 0 Å². The molecule has 4 nitrogen and oxygen atoms in total. The third-order valence-corrected chi connectivity index (χ3v) is 13.4. The molecule has 0 saturated carbocycles.